The molecular formula is C5H9BrO3. The molecule has 0 aliphatic heterocycles. The summed E-state index contributed by atoms with van der Waals surface area (Å²) >= 11 is 3.14. The molecule has 1 N–H and O–H groups in total. The van der Waals surface area contributed by atoms with Gasteiger partial charge < -0.3 is 9.84 Å². The molecular weight excluding hydrogens is 188 g/mol. The van der Waals surface area contributed by atoms with Gasteiger partial charge in [0.1, 0.15) is 6.61 Å². The first-order valence-corrected chi connectivity index (χ1v) is 3.72. The van der Waals surface area contributed by atoms with Gasteiger partial charge in [0.05, 0.1) is 6.10 Å². The molecule has 0 saturated heterocycles. The second kappa shape index (κ2) is 6.04. The zero-order chi connectivity index (χ0) is 7.11. The van der Waals surface area contributed by atoms with Gasteiger partial charge in [-0.25, -0.2) is 0 Å². The van der Waals surface area contributed by atoms with Crippen LogP contribution in [0.5, 0.6) is 0 Å². The number of aliphatic hydroxyl groups excluding tert-OH is 1. The highest BCUT2D eigenvalue weighted by atomic mass is 79.9. The van der Waals surface area contributed by atoms with Crippen molar-refractivity contribution in [2.24, 2.45) is 0 Å². The van der Waals surface area contributed by atoms with E-state index in [0.29, 0.717) is 12.9 Å². The third-order valence-electron chi connectivity index (χ3n) is 0.799. The minimum atomic E-state index is -0.533. The Morgan fingerprint density at radius 2 is 2.44 bits per heavy atom. The highest BCUT2D eigenvalue weighted by Crippen LogP contribution is 1.94. The highest BCUT2D eigenvalue weighted by molar-refractivity contribution is 9.09. The number of ether oxygens (including phenoxy) is 1. The van der Waals surface area contributed by atoms with Gasteiger partial charge in [-0.3, -0.25) is 4.79 Å². The summed E-state index contributed by atoms with van der Waals surface area (Å²) in [7, 11) is 0. The Hall–Kier alpha value is -0.0900. The summed E-state index contributed by atoms with van der Waals surface area (Å²) in [4.78, 5) is 9.57. The summed E-state index contributed by atoms with van der Waals surface area (Å²) in [6, 6.07) is 0. The Labute approximate surface area is 62.1 Å². The molecule has 0 amide bonds. The number of hydrogen-bond acceptors (Lipinski definition) is 3. The van der Waals surface area contributed by atoms with Crippen molar-refractivity contribution < 1.29 is 14.6 Å². The maximum Gasteiger partial charge on any atom is 0.293 e. The molecule has 0 aliphatic carbocycles. The van der Waals surface area contributed by atoms with Gasteiger partial charge in [0.2, 0.25) is 0 Å². The van der Waals surface area contributed by atoms with Crippen LogP contribution in [-0.2, 0) is 9.53 Å². The predicted octanol–water partition coefficient (Wildman–Crippen LogP) is 0.305. The summed E-state index contributed by atoms with van der Waals surface area (Å²) in [6.45, 7) is 0.423. The SMILES string of the molecule is O=COCC(O)CCBr. The van der Waals surface area contributed by atoms with Crippen molar-refractivity contribution in [2.75, 3.05) is 11.9 Å². The third kappa shape index (κ3) is 5.79. The molecule has 0 saturated carbocycles. The maximum absolute atomic E-state index is 9.57. The fourth-order valence-electron chi connectivity index (χ4n) is 0.360. The Bertz CT molecular complexity index is 76.6. The van der Waals surface area contributed by atoms with Crippen LogP contribution in [0.2, 0.25) is 0 Å². The molecule has 1 unspecified atom stereocenters. The van der Waals surface area contributed by atoms with Gasteiger partial charge in [0.25, 0.3) is 6.47 Å². The van der Waals surface area contributed by atoms with Gasteiger partial charge in [-0.2, -0.15) is 0 Å². The van der Waals surface area contributed by atoms with Crippen LogP contribution in [0.4, 0.5) is 0 Å². The average Bonchev–Trinajstić information content (AvgIpc) is 1.85. The summed E-state index contributed by atoms with van der Waals surface area (Å²) in [5.41, 5.74) is 0. The van der Waals surface area contributed by atoms with E-state index in [1.807, 2.05) is 0 Å². The topological polar surface area (TPSA) is 46.5 Å². The Morgan fingerprint density at radius 1 is 1.78 bits per heavy atom. The van der Waals surface area contributed by atoms with E-state index in [1.54, 1.807) is 0 Å². The largest absolute Gasteiger partial charge is 0.465 e. The number of rotatable bonds is 5. The number of halogens is 1. The zero-order valence-corrected chi connectivity index (χ0v) is 6.50. The molecule has 0 heterocycles. The summed E-state index contributed by atoms with van der Waals surface area (Å²) in [5, 5.41) is 9.59. The van der Waals surface area contributed by atoms with Crippen LogP contribution in [-0.4, -0.2) is 29.6 Å². The van der Waals surface area contributed by atoms with Crippen molar-refractivity contribution >= 4 is 22.4 Å². The van der Waals surface area contributed by atoms with Gasteiger partial charge in [0, 0.05) is 5.33 Å². The average molecular weight is 197 g/mol. The van der Waals surface area contributed by atoms with E-state index in [4.69, 9.17) is 5.11 Å². The van der Waals surface area contributed by atoms with Gasteiger partial charge in [0.15, 0.2) is 0 Å². The van der Waals surface area contributed by atoms with Crippen molar-refractivity contribution in [3.05, 3.63) is 0 Å². The van der Waals surface area contributed by atoms with Crippen LogP contribution in [0.3, 0.4) is 0 Å². The van der Waals surface area contributed by atoms with E-state index in [2.05, 4.69) is 20.7 Å². The summed E-state index contributed by atoms with van der Waals surface area (Å²) < 4.78 is 4.30. The molecule has 0 rings (SSSR count). The Balaban J connectivity index is 3.04. The number of alkyl halides is 1. The zero-order valence-electron chi connectivity index (χ0n) is 4.92. The highest BCUT2D eigenvalue weighted by Gasteiger charge is 2.00. The second-order valence-corrected chi connectivity index (χ2v) is 2.35. The van der Waals surface area contributed by atoms with Crippen molar-refractivity contribution in [1.29, 1.82) is 0 Å². The first kappa shape index (κ1) is 8.91. The van der Waals surface area contributed by atoms with Gasteiger partial charge in [-0.15, -0.1) is 0 Å². The van der Waals surface area contributed by atoms with Crippen LogP contribution in [0.1, 0.15) is 6.42 Å². The maximum atomic E-state index is 9.57. The van der Waals surface area contributed by atoms with E-state index in [-0.39, 0.29) is 6.61 Å². The van der Waals surface area contributed by atoms with Crippen molar-refractivity contribution in [2.45, 2.75) is 12.5 Å². The molecule has 0 radical (unpaired) electrons. The van der Waals surface area contributed by atoms with Gasteiger partial charge in [-0.1, -0.05) is 15.9 Å². The van der Waals surface area contributed by atoms with Crippen molar-refractivity contribution in [1.82, 2.24) is 0 Å². The lowest BCUT2D eigenvalue weighted by molar-refractivity contribution is -0.131. The normalized spacial score (nSPS) is 12.7. The van der Waals surface area contributed by atoms with Crippen LogP contribution >= 0.6 is 15.9 Å². The first-order valence-electron chi connectivity index (χ1n) is 2.60. The first-order chi connectivity index (χ1) is 4.31. The molecule has 0 aromatic carbocycles. The van der Waals surface area contributed by atoms with E-state index < -0.39 is 6.10 Å². The summed E-state index contributed by atoms with van der Waals surface area (Å²) in [5.74, 6) is 0. The van der Waals surface area contributed by atoms with Crippen LogP contribution in [0.15, 0.2) is 0 Å². The monoisotopic (exact) mass is 196 g/mol. The fraction of sp³-hybridized carbons (Fsp3) is 0.800. The second-order valence-electron chi connectivity index (χ2n) is 1.56. The van der Waals surface area contributed by atoms with Crippen molar-refractivity contribution in [3.63, 3.8) is 0 Å². The van der Waals surface area contributed by atoms with E-state index in [9.17, 15) is 4.79 Å². The molecule has 0 spiro atoms. The third-order valence-corrected chi connectivity index (χ3v) is 1.26. The molecule has 1 atom stereocenters. The molecule has 0 fully saturated rings. The number of hydrogen-bond donors (Lipinski definition) is 1. The Morgan fingerprint density at radius 3 is 2.89 bits per heavy atom. The molecule has 4 heteroatoms. The number of aliphatic hydroxyl groups is 1. The van der Waals surface area contributed by atoms with E-state index in [1.165, 1.54) is 0 Å². The van der Waals surface area contributed by atoms with Gasteiger partial charge in [-0.05, 0) is 6.42 Å². The van der Waals surface area contributed by atoms with Crippen LogP contribution in [0.25, 0.3) is 0 Å². The Kier molecular flexibility index (Phi) is 5.98. The standard InChI is InChI=1S/C5H9BrO3/c6-2-1-5(8)3-9-4-7/h4-5,8H,1-3H2. The van der Waals surface area contributed by atoms with Crippen molar-refractivity contribution in [3.8, 4) is 0 Å². The van der Waals surface area contributed by atoms with E-state index in [0.717, 1.165) is 5.33 Å². The minimum absolute atomic E-state index is 0.0924. The molecule has 54 valence electrons. The van der Waals surface area contributed by atoms with E-state index >= 15 is 0 Å². The number of carbonyl (C=O) groups is 1. The van der Waals surface area contributed by atoms with Gasteiger partial charge >= 0.3 is 0 Å². The molecule has 0 aromatic rings. The lowest BCUT2D eigenvalue weighted by Crippen LogP contribution is -2.14. The molecule has 0 aromatic heterocycles. The predicted molar refractivity (Wildman–Crippen MR) is 36.4 cm³/mol. The lowest BCUT2D eigenvalue weighted by atomic mass is 10.3. The fourth-order valence-corrected chi connectivity index (χ4v) is 0.888. The van der Waals surface area contributed by atoms with Crippen LogP contribution < -0.4 is 0 Å². The smallest absolute Gasteiger partial charge is 0.293 e. The van der Waals surface area contributed by atoms with Crippen LogP contribution in [0, 0.1) is 0 Å². The summed E-state index contributed by atoms with van der Waals surface area (Å²) in [6.07, 6.45) is 0.0722. The molecule has 9 heavy (non-hydrogen) atoms. The quantitative estimate of drug-likeness (QED) is 0.509. The minimum Gasteiger partial charge on any atom is -0.465 e. The lowest BCUT2D eigenvalue weighted by Gasteiger charge is -2.04. The molecule has 0 bridgehead atoms. The molecule has 0 aliphatic rings. The number of carbonyl (C=O) groups excluding carboxylic acids is 1. The molecule has 3 nitrogen and oxygen atoms in total.